The van der Waals surface area contributed by atoms with Crippen LogP contribution in [0.15, 0.2) is 12.5 Å². The van der Waals surface area contributed by atoms with Gasteiger partial charge in [0.15, 0.2) is 0 Å². The maximum absolute atomic E-state index is 4.40. The molecule has 0 amide bonds. The van der Waals surface area contributed by atoms with Crippen LogP contribution in [0.3, 0.4) is 0 Å². The Labute approximate surface area is 104 Å². The molecule has 3 rings (SSSR count). The van der Waals surface area contributed by atoms with Crippen LogP contribution in [0, 0.1) is 5.92 Å². The minimum Gasteiger partial charge on any atom is -0.331 e. The van der Waals surface area contributed by atoms with Crippen molar-refractivity contribution in [1.82, 2.24) is 14.9 Å². The van der Waals surface area contributed by atoms with Crippen molar-refractivity contribution in [1.29, 1.82) is 0 Å². The summed E-state index contributed by atoms with van der Waals surface area (Å²) < 4.78 is 2.42. The van der Waals surface area contributed by atoms with E-state index in [1.165, 1.54) is 31.4 Å². The smallest absolute Gasteiger partial charge is 0.0950 e. The molecule has 3 heteroatoms. The highest BCUT2D eigenvalue weighted by Gasteiger charge is 2.34. The van der Waals surface area contributed by atoms with E-state index in [0.717, 1.165) is 19.0 Å². The van der Waals surface area contributed by atoms with Gasteiger partial charge in [-0.25, -0.2) is 4.98 Å². The lowest BCUT2D eigenvalue weighted by Crippen LogP contribution is -2.28. The first-order valence-corrected chi connectivity index (χ1v) is 6.92. The molecule has 0 aromatic carbocycles. The molecule has 0 radical (unpaired) electrons. The molecule has 94 valence electrons. The van der Waals surface area contributed by atoms with Crippen molar-refractivity contribution >= 4 is 0 Å². The van der Waals surface area contributed by atoms with E-state index in [1.54, 1.807) is 0 Å². The molecular weight excluding hydrogens is 210 g/mol. The molecule has 1 saturated heterocycles. The van der Waals surface area contributed by atoms with Crippen LogP contribution in [-0.2, 0) is 5.41 Å². The van der Waals surface area contributed by atoms with Gasteiger partial charge in [0.2, 0.25) is 0 Å². The van der Waals surface area contributed by atoms with Crippen molar-refractivity contribution in [2.45, 2.75) is 51.0 Å². The minimum atomic E-state index is 0.286. The minimum absolute atomic E-state index is 0.286. The summed E-state index contributed by atoms with van der Waals surface area (Å²) in [4.78, 5) is 4.40. The lowest BCUT2D eigenvalue weighted by atomic mass is 9.86. The number of hydrogen-bond acceptors (Lipinski definition) is 2. The molecule has 2 fully saturated rings. The average molecular weight is 233 g/mol. The van der Waals surface area contributed by atoms with E-state index >= 15 is 0 Å². The molecule has 1 saturated carbocycles. The van der Waals surface area contributed by atoms with Crippen LogP contribution in [0.25, 0.3) is 0 Å². The molecule has 2 atom stereocenters. The standard InChI is InChI=1S/C14H23N3/c1-11(7-12-3-4-12)17-10-16-8-13(17)14(2)5-6-15-9-14/h8,10-12,15H,3-7,9H2,1-2H3. The Bertz CT molecular complexity index is 386. The second-order valence-corrected chi connectivity index (χ2v) is 6.20. The molecule has 1 N–H and O–H groups in total. The van der Waals surface area contributed by atoms with E-state index in [4.69, 9.17) is 0 Å². The summed E-state index contributed by atoms with van der Waals surface area (Å²) in [6.45, 7) is 6.94. The first kappa shape index (κ1) is 11.3. The van der Waals surface area contributed by atoms with Gasteiger partial charge in [0, 0.05) is 29.9 Å². The summed E-state index contributed by atoms with van der Waals surface area (Å²) in [7, 11) is 0. The number of aromatic nitrogens is 2. The van der Waals surface area contributed by atoms with Gasteiger partial charge in [0.1, 0.15) is 0 Å². The lowest BCUT2D eigenvalue weighted by Gasteiger charge is -2.27. The summed E-state index contributed by atoms with van der Waals surface area (Å²) in [5.74, 6) is 0.981. The average Bonchev–Trinajstić information content (AvgIpc) is 2.84. The zero-order chi connectivity index (χ0) is 11.9. The van der Waals surface area contributed by atoms with E-state index < -0.39 is 0 Å². The first-order chi connectivity index (χ1) is 8.19. The zero-order valence-electron chi connectivity index (χ0n) is 10.9. The highest BCUT2D eigenvalue weighted by Crippen LogP contribution is 2.38. The third-order valence-corrected chi connectivity index (χ3v) is 4.50. The SMILES string of the molecule is CC(CC1CC1)n1cncc1C1(C)CCNC1. The van der Waals surface area contributed by atoms with Gasteiger partial charge in [-0.2, -0.15) is 0 Å². The predicted octanol–water partition coefficient (Wildman–Crippen LogP) is 2.50. The van der Waals surface area contributed by atoms with Crippen LogP contribution in [-0.4, -0.2) is 22.6 Å². The van der Waals surface area contributed by atoms with Crippen molar-refractivity contribution < 1.29 is 0 Å². The maximum atomic E-state index is 4.40. The Hall–Kier alpha value is -0.830. The quantitative estimate of drug-likeness (QED) is 0.866. The summed E-state index contributed by atoms with van der Waals surface area (Å²) in [6, 6.07) is 0.609. The molecule has 2 heterocycles. The van der Waals surface area contributed by atoms with Crippen molar-refractivity contribution in [2.75, 3.05) is 13.1 Å². The van der Waals surface area contributed by atoms with Crippen molar-refractivity contribution in [2.24, 2.45) is 5.92 Å². The van der Waals surface area contributed by atoms with Crippen LogP contribution in [0.1, 0.15) is 51.3 Å². The summed E-state index contributed by atoms with van der Waals surface area (Å²) in [6.07, 6.45) is 9.55. The Morgan fingerprint density at radius 3 is 3.06 bits per heavy atom. The van der Waals surface area contributed by atoms with E-state index in [1.807, 2.05) is 6.33 Å². The van der Waals surface area contributed by atoms with E-state index in [-0.39, 0.29) is 5.41 Å². The molecule has 1 aromatic rings. The second kappa shape index (κ2) is 4.13. The number of imidazole rings is 1. The van der Waals surface area contributed by atoms with Crippen LogP contribution >= 0.6 is 0 Å². The van der Waals surface area contributed by atoms with Gasteiger partial charge >= 0.3 is 0 Å². The molecule has 2 aliphatic rings. The lowest BCUT2D eigenvalue weighted by molar-refractivity contribution is 0.411. The van der Waals surface area contributed by atoms with Crippen molar-refractivity contribution in [3.8, 4) is 0 Å². The number of nitrogens with zero attached hydrogens (tertiary/aromatic N) is 2. The normalized spacial score (nSPS) is 30.7. The van der Waals surface area contributed by atoms with Crippen LogP contribution in [0.2, 0.25) is 0 Å². The molecule has 1 aromatic heterocycles. The van der Waals surface area contributed by atoms with Crippen molar-refractivity contribution in [3.05, 3.63) is 18.2 Å². The maximum Gasteiger partial charge on any atom is 0.0950 e. The fourth-order valence-corrected chi connectivity index (χ4v) is 3.11. The second-order valence-electron chi connectivity index (χ2n) is 6.20. The topological polar surface area (TPSA) is 29.9 Å². The van der Waals surface area contributed by atoms with Crippen LogP contribution in [0.4, 0.5) is 0 Å². The van der Waals surface area contributed by atoms with Gasteiger partial charge in [0.05, 0.1) is 6.33 Å². The first-order valence-electron chi connectivity index (χ1n) is 6.92. The summed E-state index contributed by atoms with van der Waals surface area (Å²) in [5.41, 5.74) is 1.71. The molecular formula is C14H23N3. The predicted molar refractivity (Wildman–Crippen MR) is 69.1 cm³/mol. The molecule has 3 nitrogen and oxygen atoms in total. The number of rotatable bonds is 4. The van der Waals surface area contributed by atoms with Crippen molar-refractivity contribution in [3.63, 3.8) is 0 Å². The van der Waals surface area contributed by atoms with E-state index in [0.29, 0.717) is 6.04 Å². The molecule has 0 bridgehead atoms. The Balaban J connectivity index is 1.82. The highest BCUT2D eigenvalue weighted by atomic mass is 15.1. The molecule has 0 spiro atoms. The molecule has 1 aliphatic heterocycles. The largest absolute Gasteiger partial charge is 0.331 e. The third kappa shape index (κ3) is 2.13. The van der Waals surface area contributed by atoms with Gasteiger partial charge in [-0.1, -0.05) is 19.8 Å². The highest BCUT2D eigenvalue weighted by molar-refractivity contribution is 5.18. The van der Waals surface area contributed by atoms with Gasteiger partial charge in [-0.05, 0) is 32.2 Å². The van der Waals surface area contributed by atoms with E-state index in [2.05, 4.69) is 34.9 Å². The molecule has 17 heavy (non-hydrogen) atoms. The molecule has 2 unspecified atom stereocenters. The van der Waals surface area contributed by atoms with Gasteiger partial charge < -0.3 is 9.88 Å². The summed E-state index contributed by atoms with van der Waals surface area (Å²) >= 11 is 0. The number of nitrogens with one attached hydrogen (secondary N) is 1. The Kier molecular flexibility index (Phi) is 2.74. The fraction of sp³-hybridized carbons (Fsp3) is 0.786. The summed E-state index contributed by atoms with van der Waals surface area (Å²) in [5, 5.41) is 3.48. The van der Waals surface area contributed by atoms with Gasteiger partial charge in [-0.3, -0.25) is 0 Å². The van der Waals surface area contributed by atoms with Crippen LogP contribution < -0.4 is 5.32 Å². The van der Waals surface area contributed by atoms with Gasteiger partial charge in [-0.15, -0.1) is 0 Å². The zero-order valence-corrected chi connectivity index (χ0v) is 10.9. The fourth-order valence-electron chi connectivity index (χ4n) is 3.11. The third-order valence-electron chi connectivity index (χ3n) is 4.50. The Morgan fingerprint density at radius 2 is 2.41 bits per heavy atom. The Morgan fingerprint density at radius 1 is 1.59 bits per heavy atom. The monoisotopic (exact) mass is 233 g/mol. The number of hydrogen-bond donors (Lipinski definition) is 1. The van der Waals surface area contributed by atoms with Gasteiger partial charge in [0.25, 0.3) is 0 Å². The van der Waals surface area contributed by atoms with Crippen LogP contribution in [0.5, 0.6) is 0 Å². The molecule has 1 aliphatic carbocycles. The van der Waals surface area contributed by atoms with E-state index in [9.17, 15) is 0 Å².